The van der Waals surface area contributed by atoms with Crippen molar-refractivity contribution in [3.63, 3.8) is 0 Å². The lowest BCUT2D eigenvalue weighted by molar-refractivity contribution is 0.177. The fraction of sp³-hybridized carbons (Fsp3) is 0.267. The Labute approximate surface area is 130 Å². The first kappa shape index (κ1) is 14.2. The molecule has 0 spiro atoms. The molecule has 3 rings (SSSR count). The van der Waals surface area contributed by atoms with Crippen molar-refractivity contribution in [1.82, 2.24) is 9.78 Å². The second-order valence-electron chi connectivity index (χ2n) is 4.62. The van der Waals surface area contributed by atoms with E-state index in [0.717, 1.165) is 9.86 Å². The van der Waals surface area contributed by atoms with Crippen molar-refractivity contribution in [2.45, 2.75) is 19.6 Å². The van der Waals surface area contributed by atoms with Crippen molar-refractivity contribution in [1.29, 1.82) is 0 Å². The van der Waals surface area contributed by atoms with Crippen molar-refractivity contribution in [3.8, 4) is 5.75 Å². The lowest BCUT2D eigenvalue weighted by Gasteiger charge is -2.11. The van der Waals surface area contributed by atoms with Crippen LogP contribution in [0.2, 0.25) is 0 Å². The molecule has 21 heavy (non-hydrogen) atoms. The summed E-state index contributed by atoms with van der Waals surface area (Å²) in [6, 6.07) is 7.60. The summed E-state index contributed by atoms with van der Waals surface area (Å²) >= 11 is 3.45. The largest absolute Gasteiger partial charge is 0.493 e. The zero-order valence-corrected chi connectivity index (χ0v) is 13.3. The third-order valence-electron chi connectivity index (χ3n) is 3.41. The molecule has 110 valence electrons. The number of rotatable bonds is 4. The highest BCUT2D eigenvalue weighted by Crippen LogP contribution is 2.35. The van der Waals surface area contributed by atoms with Gasteiger partial charge in [0.05, 0.1) is 17.8 Å². The normalized spacial score (nSPS) is 12.8. The summed E-state index contributed by atoms with van der Waals surface area (Å²) < 4.78 is 13.6. The van der Waals surface area contributed by atoms with Gasteiger partial charge < -0.3 is 14.3 Å². The summed E-state index contributed by atoms with van der Waals surface area (Å²) in [5, 5.41) is 15.8. The molecule has 0 aliphatic carbocycles. The molecule has 1 N–H and O–H groups in total. The minimum absolute atomic E-state index is 0.463. The average molecular weight is 351 g/mol. The molecule has 5 nitrogen and oxygen atoms in total. The van der Waals surface area contributed by atoms with Gasteiger partial charge in [0, 0.05) is 11.9 Å². The van der Waals surface area contributed by atoms with Crippen molar-refractivity contribution in [3.05, 3.63) is 46.4 Å². The van der Waals surface area contributed by atoms with Gasteiger partial charge in [-0.2, -0.15) is 5.10 Å². The number of hydrogen-bond acceptors (Lipinski definition) is 4. The average Bonchev–Trinajstić information content (AvgIpc) is 3.10. The number of fused-ring (bicyclic) bond motifs is 1. The van der Waals surface area contributed by atoms with Gasteiger partial charge in [0.2, 0.25) is 0 Å². The standard InChI is InChI=1S/C15H15BrN2O3/c1-3-18-13(12(20-2)8-17-18)14(19)11-7-9-5-4-6-10(16)15(9)21-11/h4-8,14,19H,3H2,1-2H3. The van der Waals surface area contributed by atoms with Crippen LogP contribution in [0.25, 0.3) is 11.0 Å². The van der Waals surface area contributed by atoms with E-state index in [1.54, 1.807) is 18.0 Å². The molecule has 0 fully saturated rings. The van der Waals surface area contributed by atoms with E-state index >= 15 is 0 Å². The van der Waals surface area contributed by atoms with Crippen LogP contribution in [0.1, 0.15) is 24.5 Å². The topological polar surface area (TPSA) is 60.4 Å². The van der Waals surface area contributed by atoms with Crippen LogP contribution >= 0.6 is 15.9 Å². The minimum Gasteiger partial charge on any atom is -0.493 e. The van der Waals surface area contributed by atoms with E-state index in [2.05, 4.69) is 21.0 Å². The highest BCUT2D eigenvalue weighted by molar-refractivity contribution is 9.10. The Kier molecular flexibility index (Phi) is 3.73. The number of ether oxygens (including phenoxy) is 1. The number of aliphatic hydroxyl groups is 1. The Hall–Kier alpha value is -1.79. The molecule has 1 aromatic carbocycles. The van der Waals surface area contributed by atoms with Crippen LogP contribution in [-0.2, 0) is 6.54 Å². The predicted octanol–water partition coefficient (Wildman–Crippen LogP) is 3.50. The Bertz CT molecular complexity index is 757. The number of aryl methyl sites for hydroxylation is 1. The molecule has 0 aliphatic heterocycles. The quantitative estimate of drug-likeness (QED) is 0.782. The third kappa shape index (κ3) is 2.34. The van der Waals surface area contributed by atoms with Gasteiger partial charge in [-0.05, 0) is 35.0 Å². The molecule has 0 saturated heterocycles. The summed E-state index contributed by atoms with van der Waals surface area (Å²) in [4.78, 5) is 0. The number of para-hydroxylation sites is 1. The maximum Gasteiger partial charge on any atom is 0.163 e. The van der Waals surface area contributed by atoms with E-state index in [4.69, 9.17) is 9.15 Å². The minimum atomic E-state index is -0.929. The molecular weight excluding hydrogens is 336 g/mol. The highest BCUT2D eigenvalue weighted by Gasteiger charge is 2.24. The summed E-state index contributed by atoms with van der Waals surface area (Å²) in [7, 11) is 1.56. The molecule has 2 heterocycles. The molecule has 0 saturated carbocycles. The highest BCUT2D eigenvalue weighted by atomic mass is 79.9. The SMILES string of the molecule is CCn1ncc(OC)c1C(O)c1cc2cccc(Br)c2o1. The Morgan fingerprint density at radius 2 is 2.29 bits per heavy atom. The number of furan rings is 1. The van der Waals surface area contributed by atoms with Crippen LogP contribution in [0.4, 0.5) is 0 Å². The van der Waals surface area contributed by atoms with Gasteiger partial charge in [0.15, 0.2) is 11.9 Å². The van der Waals surface area contributed by atoms with Gasteiger partial charge in [-0.25, -0.2) is 0 Å². The fourth-order valence-corrected chi connectivity index (χ4v) is 2.84. The summed E-state index contributed by atoms with van der Waals surface area (Å²) in [6.45, 7) is 2.59. The van der Waals surface area contributed by atoms with E-state index in [1.165, 1.54) is 0 Å². The molecule has 3 aromatic rings. The zero-order chi connectivity index (χ0) is 15.0. The van der Waals surface area contributed by atoms with Crippen LogP contribution in [-0.4, -0.2) is 22.0 Å². The van der Waals surface area contributed by atoms with Crippen LogP contribution in [0.5, 0.6) is 5.75 Å². The lowest BCUT2D eigenvalue weighted by Crippen LogP contribution is -2.09. The molecule has 1 atom stereocenters. The number of methoxy groups -OCH3 is 1. The van der Waals surface area contributed by atoms with Crippen LogP contribution in [0.3, 0.4) is 0 Å². The molecule has 0 aliphatic rings. The molecule has 1 unspecified atom stereocenters. The first-order valence-corrected chi connectivity index (χ1v) is 7.40. The molecule has 2 aromatic heterocycles. The fourth-order valence-electron chi connectivity index (χ4n) is 2.38. The molecule has 6 heteroatoms. The van der Waals surface area contributed by atoms with Crippen molar-refractivity contribution < 1.29 is 14.3 Å². The molecular formula is C15H15BrN2O3. The van der Waals surface area contributed by atoms with Gasteiger partial charge in [-0.15, -0.1) is 0 Å². The van der Waals surface area contributed by atoms with E-state index in [-0.39, 0.29) is 0 Å². The number of aromatic nitrogens is 2. The van der Waals surface area contributed by atoms with Crippen LogP contribution < -0.4 is 4.74 Å². The molecule has 0 amide bonds. The smallest absolute Gasteiger partial charge is 0.163 e. The Morgan fingerprint density at radius 1 is 1.48 bits per heavy atom. The van der Waals surface area contributed by atoms with Crippen LogP contribution in [0.15, 0.2) is 39.4 Å². The predicted molar refractivity (Wildman–Crippen MR) is 82.4 cm³/mol. The van der Waals surface area contributed by atoms with Crippen molar-refractivity contribution >= 4 is 26.9 Å². The summed E-state index contributed by atoms with van der Waals surface area (Å²) in [5.41, 5.74) is 1.31. The maximum atomic E-state index is 10.6. The summed E-state index contributed by atoms with van der Waals surface area (Å²) in [6.07, 6.45) is 0.669. The number of benzene rings is 1. The third-order valence-corrected chi connectivity index (χ3v) is 4.03. The number of halogens is 1. The number of nitrogens with zero attached hydrogens (tertiary/aromatic N) is 2. The monoisotopic (exact) mass is 350 g/mol. The van der Waals surface area contributed by atoms with Crippen LogP contribution in [0, 0.1) is 0 Å². The van der Waals surface area contributed by atoms with Gasteiger partial charge in [0.1, 0.15) is 17.0 Å². The Morgan fingerprint density at radius 3 is 2.95 bits per heavy atom. The zero-order valence-electron chi connectivity index (χ0n) is 11.7. The summed E-state index contributed by atoms with van der Waals surface area (Å²) in [5.74, 6) is 1.01. The Balaban J connectivity index is 2.10. The second kappa shape index (κ2) is 5.54. The van der Waals surface area contributed by atoms with Gasteiger partial charge >= 0.3 is 0 Å². The second-order valence-corrected chi connectivity index (χ2v) is 5.48. The van der Waals surface area contributed by atoms with Gasteiger partial charge in [-0.1, -0.05) is 12.1 Å². The first-order chi connectivity index (χ1) is 10.2. The van der Waals surface area contributed by atoms with E-state index in [9.17, 15) is 5.11 Å². The molecule has 0 bridgehead atoms. The van der Waals surface area contributed by atoms with E-state index in [1.807, 2.05) is 31.2 Å². The van der Waals surface area contributed by atoms with Gasteiger partial charge in [0.25, 0.3) is 0 Å². The van der Waals surface area contributed by atoms with E-state index < -0.39 is 6.10 Å². The van der Waals surface area contributed by atoms with Gasteiger partial charge in [-0.3, -0.25) is 4.68 Å². The maximum absolute atomic E-state index is 10.6. The van der Waals surface area contributed by atoms with Crippen molar-refractivity contribution in [2.24, 2.45) is 0 Å². The molecule has 0 radical (unpaired) electrons. The lowest BCUT2D eigenvalue weighted by atomic mass is 10.1. The number of hydrogen-bond donors (Lipinski definition) is 1. The van der Waals surface area contributed by atoms with Crippen molar-refractivity contribution in [2.75, 3.05) is 7.11 Å². The number of aliphatic hydroxyl groups excluding tert-OH is 1. The van der Waals surface area contributed by atoms with E-state index in [0.29, 0.717) is 29.3 Å². The first-order valence-electron chi connectivity index (χ1n) is 6.61.